The molecule has 1 aromatic heterocycles. The average molecular weight is 670 g/mol. The van der Waals surface area contributed by atoms with Gasteiger partial charge in [-0.05, 0) is 49.0 Å². The number of ether oxygens (including phenoxy) is 3. The smallest absolute Gasteiger partial charge is 0.428 e. The summed E-state index contributed by atoms with van der Waals surface area (Å²) in [7, 11) is -1.87. The molecular formula is C30H36N7O9P. The second-order valence-corrected chi connectivity index (χ2v) is 12.6. The van der Waals surface area contributed by atoms with Crippen LogP contribution in [0.1, 0.15) is 35.8 Å². The van der Waals surface area contributed by atoms with Crippen molar-refractivity contribution in [3.8, 4) is 0 Å². The minimum atomic E-state index is -4.28. The zero-order valence-electron chi connectivity index (χ0n) is 26.1. The summed E-state index contributed by atoms with van der Waals surface area (Å²) >= 11 is 0. The van der Waals surface area contributed by atoms with Crippen molar-refractivity contribution in [2.24, 2.45) is 5.22 Å². The van der Waals surface area contributed by atoms with E-state index in [1.807, 2.05) is 12.1 Å². The normalized spacial score (nSPS) is 18.4. The van der Waals surface area contributed by atoms with Gasteiger partial charge in [0.15, 0.2) is 0 Å². The highest BCUT2D eigenvalue weighted by atomic mass is 31.2. The maximum atomic E-state index is 14.6. The van der Waals surface area contributed by atoms with Crippen LogP contribution in [0.4, 0.5) is 0 Å². The molecule has 2 aromatic carbocycles. The standard InChI is InChI=1S/C30H36N7O9P/c1-20-18-36(30(41)37(27(20)38)35-34-31)26-15-14-23(46-26)19-45-47(42,32-24(28(39)43-2)16-21-10-6-4-7-11-21)33-25(29(40)44-3)17-22-12-8-5-9-13-22/h4-13,18,23-26H,14-17,19H2,1-3H3,(H2,32,33,42)/t23-,24?,25?,26+,47?/m0/s1. The lowest BCUT2D eigenvalue weighted by atomic mass is 10.1. The number of hydrogen-bond acceptors (Lipinski definition) is 10. The molecule has 4 atom stereocenters. The molecule has 1 saturated heterocycles. The second kappa shape index (κ2) is 16.3. The van der Waals surface area contributed by atoms with Crippen molar-refractivity contribution in [3.05, 3.63) is 115 Å². The third-order valence-electron chi connectivity index (χ3n) is 7.42. The van der Waals surface area contributed by atoms with Crippen LogP contribution in [-0.2, 0) is 45.7 Å². The van der Waals surface area contributed by atoms with Crippen LogP contribution < -0.4 is 21.4 Å². The fourth-order valence-corrected chi connectivity index (χ4v) is 6.89. The van der Waals surface area contributed by atoms with Gasteiger partial charge in [-0.25, -0.2) is 19.8 Å². The van der Waals surface area contributed by atoms with Crippen molar-refractivity contribution in [2.45, 2.75) is 57.0 Å². The molecule has 0 amide bonds. The minimum Gasteiger partial charge on any atom is -0.468 e. The Hall–Kier alpha value is -4.56. The van der Waals surface area contributed by atoms with Crippen molar-refractivity contribution >= 4 is 19.6 Å². The van der Waals surface area contributed by atoms with Gasteiger partial charge in [-0.3, -0.25) is 18.7 Å². The van der Waals surface area contributed by atoms with Crippen molar-refractivity contribution in [2.75, 3.05) is 20.8 Å². The maximum absolute atomic E-state index is 14.6. The number of aryl methyl sites for hydroxylation is 1. The molecule has 47 heavy (non-hydrogen) atoms. The molecule has 4 rings (SSSR count). The molecule has 1 aliphatic heterocycles. The Morgan fingerprint density at radius 3 is 2.00 bits per heavy atom. The molecule has 0 radical (unpaired) electrons. The van der Waals surface area contributed by atoms with Crippen molar-refractivity contribution in [1.82, 2.24) is 19.4 Å². The molecule has 2 N–H and O–H groups in total. The van der Waals surface area contributed by atoms with Crippen molar-refractivity contribution < 1.29 is 32.9 Å². The highest BCUT2D eigenvalue weighted by Crippen LogP contribution is 2.41. The van der Waals surface area contributed by atoms with Crippen LogP contribution >= 0.6 is 7.67 Å². The third kappa shape index (κ3) is 9.26. The molecule has 2 heterocycles. The number of hydrogen-bond donors (Lipinski definition) is 2. The molecule has 0 aliphatic carbocycles. The number of nitrogens with zero attached hydrogens (tertiary/aromatic N) is 5. The fraction of sp³-hybridized carbons (Fsp3) is 0.400. The Bertz CT molecular complexity index is 1690. The van der Waals surface area contributed by atoms with Crippen LogP contribution in [0.2, 0.25) is 0 Å². The van der Waals surface area contributed by atoms with E-state index in [-0.39, 0.29) is 25.0 Å². The number of esters is 2. The first-order chi connectivity index (χ1) is 22.6. The Morgan fingerprint density at radius 1 is 0.979 bits per heavy atom. The van der Waals surface area contributed by atoms with E-state index in [2.05, 4.69) is 20.3 Å². The van der Waals surface area contributed by atoms with Crippen LogP contribution in [0, 0.1) is 6.92 Å². The zero-order chi connectivity index (χ0) is 34.0. The van der Waals surface area contributed by atoms with E-state index >= 15 is 0 Å². The van der Waals surface area contributed by atoms with Gasteiger partial charge in [0, 0.05) is 6.20 Å². The van der Waals surface area contributed by atoms with Gasteiger partial charge in [0.2, 0.25) is 0 Å². The molecular weight excluding hydrogens is 633 g/mol. The summed E-state index contributed by atoms with van der Waals surface area (Å²) in [4.78, 5) is 53.5. The van der Waals surface area contributed by atoms with Gasteiger partial charge in [0.25, 0.3) is 0 Å². The first-order valence-electron chi connectivity index (χ1n) is 14.7. The Morgan fingerprint density at radius 2 is 1.51 bits per heavy atom. The molecule has 0 saturated carbocycles. The number of carbonyl (C=O) groups is 2. The average Bonchev–Trinajstić information content (AvgIpc) is 3.56. The number of carbonyl (C=O) groups excluding carboxylic acids is 2. The molecule has 3 aromatic rings. The van der Waals surface area contributed by atoms with Crippen molar-refractivity contribution in [1.29, 1.82) is 0 Å². The first-order valence-corrected chi connectivity index (χ1v) is 16.3. The molecule has 0 bridgehead atoms. The fourth-order valence-electron chi connectivity index (χ4n) is 5.08. The van der Waals surface area contributed by atoms with Gasteiger partial charge >= 0.3 is 30.9 Å². The van der Waals surface area contributed by atoms with Crippen LogP contribution in [0.15, 0.2) is 81.7 Å². The number of nitrogens with one attached hydrogen (secondary N) is 2. The largest absolute Gasteiger partial charge is 0.468 e. The topological polar surface area (TPSA) is 205 Å². The Balaban J connectivity index is 1.59. The minimum absolute atomic E-state index is 0.0925. The second-order valence-electron chi connectivity index (χ2n) is 10.7. The lowest BCUT2D eigenvalue weighted by molar-refractivity contribution is -0.143. The number of aromatic nitrogens is 2. The van der Waals surface area contributed by atoms with Crippen LogP contribution in [0.3, 0.4) is 0 Å². The lowest BCUT2D eigenvalue weighted by Crippen LogP contribution is -2.46. The lowest BCUT2D eigenvalue weighted by Gasteiger charge is -2.29. The van der Waals surface area contributed by atoms with Gasteiger partial charge in [0.1, 0.15) is 18.3 Å². The molecule has 16 nitrogen and oxygen atoms in total. The number of methoxy groups -OCH3 is 2. The highest BCUT2D eigenvalue weighted by Gasteiger charge is 2.38. The van der Waals surface area contributed by atoms with Gasteiger partial charge in [-0.1, -0.05) is 65.3 Å². The van der Waals surface area contributed by atoms with Crippen LogP contribution in [0.5, 0.6) is 0 Å². The summed E-state index contributed by atoms with van der Waals surface area (Å²) in [6.07, 6.45) is 0.615. The van der Waals surface area contributed by atoms with E-state index in [4.69, 9.17) is 24.3 Å². The Kier molecular flexibility index (Phi) is 12.3. The van der Waals surface area contributed by atoms with E-state index in [0.29, 0.717) is 17.5 Å². The summed E-state index contributed by atoms with van der Waals surface area (Å²) in [5, 5.41) is 8.75. The van der Waals surface area contributed by atoms with E-state index in [0.717, 1.165) is 15.7 Å². The number of azide groups is 1. The monoisotopic (exact) mass is 669 g/mol. The summed E-state index contributed by atoms with van der Waals surface area (Å²) < 4.78 is 38.0. The molecule has 17 heteroatoms. The van der Waals surface area contributed by atoms with Gasteiger partial charge in [-0.15, -0.1) is 5.53 Å². The maximum Gasteiger partial charge on any atom is 0.428 e. The highest BCUT2D eigenvalue weighted by molar-refractivity contribution is 7.54. The quantitative estimate of drug-likeness (QED) is 0.0791. The summed E-state index contributed by atoms with van der Waals surface area (Å²) in [6, 6.07) is 15.7. The Labute approximate surface area is 269 Å². The third-order valence-corrected chi connectivity index (χ3v) is 9.24. The van der Waals surface area contributed by atoms with E-state index < -0.39 is 55.3 Å². The van der Waals surface area contributed by atoms with E-state index in [1.165, 1.54) is 27.3 Å². The summed E-state index contributed by atoms with van der Waals surface area (Å²) in [5.74, 6) is -1.42. The number of rotatable bonds is 15. The zero-order valence-corrected chi connectivity index (χ0v) is 26.9. The number of benzene rings is 2. The van der Waals surface area contributed by atoms with Crippen LogP contribution in [-0.4, -0.2) is 60.2 Å². The van der Waals surface area contributed by atoms with Gasteiger partial charge in [-0.2, -0.15) is 4.91 Å². The van der Waals surface area contributed by atoms with Crippen LogP contribution in [0.25, 0.3) is 10.4 Å². The van der Waals surface area contributed by atoms with Gasteiger partial charge in [0.05, 0.1) is 32.5 Å². The van der Waals surface area contributed by atoms with E-state index in [9.17, 15) is 23.7 Å². The SMILES string of the molecule is COC(=O)C(Cc1ccccc1)NP(=O)(NC(Cc1ccccc1)C(=O)OC)OC[C@@H]1CC[C@H](n2cc(C)c(=O)n(N=[N+]=[N-])c2=O)O1. The van der Waals surface area contributed by atoms with Gasteiger partial charge < -0.3 is 18.7 Å². The molecule has 250 valence electrons. The predicted molar refractivity (Wildman–Crippen MR) is 169 cm³/mol. The van der Waals surface area contributed by atoms with E-state index in [1.54, 1.807) is 48.5 Å². The predicted octanol–water partition coefficient (Wildman–Crippen LogP) is 2.94. The van der Waals surface area contributed by atoms with Crippen molar-refractivity contribution in [3.63, 3.8) is 0 Å². The molecule has 1 aliphatic rings. The molecule has 2 unspecified atom stereocenters. The molecule has 1 fully saturated rings. The summed E-state index contributed by atoms with van der Waals surface area (Å²) in [5.41, 5.74) is 8.81. The first kappa shape index (κ1) is 35.3. The summed E-state index contributed by atoms with van der Waals surface area (Å²) in [6.45, 7) is 1.18. The molecule has 0 spiro atoms.